The first-order chi connectivity index (χ1) is 9.31. The van der Waals surface area contributed by atoms with Crippen molar-refractivity contribution < 1.29 is 18.3 Å². The van der Waals surface area contributed by atoms with E-state index < -0.39 is 6.61 Å². The van der Waals surface area contributed by atoms with E-state index in [1.807, 2.05) is 13.8 Å². The van der Waals surface area contributed by atoms with E-state index in [4.69, 9.17) is 5.73 Å². The zero-order valence-electron chi connectivity index (χ0n) is 11.4. The van der Waals surface area contributed by atoms with Gasteiger partial charge in [-0.3, -0.25) is 4.79 Å². The molecular formula is C13H18F2N2O2S. The molecule has 1 amide bonds. The van der Waals surface area contributed by atoms with Crippen LogP contribution in [0.2, 0.25) is 0 Å². The van der Waals surface area contributed by atoms with Gasteiger partial charge in [0.05, 0.1) is 0 Å². The Labute approximate surface area is 120 Å². The summed E-state index contributed by atoms with van der Waals surface area (Å²) in [5.41, 5.74) is 5.84. The number of rotatable bonds is 3. The number of ether oxygens (including phenoxy) is 1. The number of thiophene rings is 1. The van der Waals surface area contributed by atoms with Gasteiger partial charge in [-0.15, -0.1) is 11.3 Å². The average Bonchev–Trinajstić information content (AvgIpc) is 2.79. The van der Waals surface area contributed by atoms with E-state index in [2.05, 4.69) is 4.74 Å². The second-order valence-corrected chi connectivity index (χ2v) is 6.52. The summed E-state index contributed by atoms with van der Waals surface area (Å²) in [5, 5.41) is 1.58. The van der Waals surface area contributed by atoms with Crippen molar-refractivity contribution in [1.29, 1.82) is 0 Å². The van der Waals surface area contributed by atoms with Crippen LogP contribution in [0.15, 0.2) is 11.4 Å². The maximum Gasteiger partial charge on any atom is 0.387 e. The van der Waals surface area contributed by atoms with Crippen LogP contribution >= 0.6 is 11.3 Å². The van der Waals surface area contributed by atoms with Crippen molar-refractivity contribution in [3.8, 4) is 5.75 Å². The number of likely N-dealkylation sites (tertiary alicyclic amines) is 1. The Morgan fingerprint density at radius 1 is 1.60 bits per heavy atom. The number of nitrogens with two attached hydrogens (primary N) is 1. The van der Waals surface area contributed by atoms with Crippen LogP contribution in [0.1, 0.15) is 29.9 Å². The summed E-state index contributed by atoms with van der Waals surface area (Å²) in [6, 6.07) is 1.43. The minimum absolute atomic E-state index is 0.0340. The summed E-state index contributed by atoms with van der Waals surface area (Å²) in [4.78, 5) is 14.3. The first kappa shape index (κ1) is 15.2. The molecule has 0 aromatic carbocycles. The van der Waals surface area contributed by atoms with Gasteiger partial charge in [0, 0.05) is 19.1 Å². The third-order valence-corrected chi connectivity index (χ3v) is 4.52. The highest BCUT2D eigenvalue weighted by atomic mass is 32.1. The predicted molar refractivity (Wildman–Crippen MR) is 73.2 cm³/mol. The van der Waals surface area contributed by atoms with Crippen LogP contribution in [0, 0.1) is 5.41 Å². The summed E-state index contributed by atoms with van der Waals surface area (Å²) in [5.74, 6) is -0.321. The molecule has 1 aliphatic rings. The van der Waals surface area contributed by atoms with Crippen molar-refractivity contribution in [3.05, 3.63) is 16.3 Å². The van der Waals surface area contributed by atoms with Crippen LogP contribution in [0.3, 0.4) is 0 Å². The summed E-state index contributed by atoms with van der Waals surface area (Å²) in [6.45, 7) is 2.13. The van der Waals surface area contributed by atoms with Gasteiger partial charge in [-0.1, -0.05) is 13.8 Å². The fourth-order valence-electron chi connectivity index (χ4n) is 2.33. The molecule has 0 radical (unpaired) electrons. The molecule has 112 valence electrons. The van der Waals surface area contributed by atoms with E-state index in [-0.39, 0.29) is 28.0 Å². The van der Waals surface area contributed by atoms with Gasteiger partial charge in [-0.25, -0.2) is 0 Å². The summed E-state index contributed by atoms with van der Waals surface area (Å²) < 4.78 is 29.0. The second kappa shape index (κ2) is 5.65. The molecule has 1 aliphatic heterocycles. The Kier molecular flexibility index (Phi) is 4.29. The molecule has 1 saturated heterocycles. The minimum atomic E-state index is -2.93. The van der Waals surface area contributed by atoms with E-state index in [0.29, 0.717) is 19.5 Å². The van der Waals surface area contributed by atoms with Crippen LogP contribution in [-0.4, -0.2) is 36.5 Å². The highest BCUT2D eigenvalue weighted by molar-refractivity contribution is 7.12. The molecule has 1 aromatic rings. The van der Waals surface area contributed by atoms with Crippen LogP contribution in [0.5, 0.6) is 5.75 Å². The number of alkyl halides is 2. The zero-order valence-corrected chi connectivity index (χ0v) is 12.3. The lowest BCUT2D eigenvalue weighted by Gasteiger charge is -2.42. The number of nitrogens with zero attached hydrogens (tertiary/aromatic N) is 1. The van der Waals surface area contributed by atoms with Gasteiger partial charge in [0.1, 0.15) is 10.6 Å². The van der Waals surface area contributed by atoms with Crippen molar-refractivity contribution in [2.24, 2.45) is 11.1 Å². The maximum absolute atomic E-state index is 12.4. The quantitative estimate of drug-likeness (QED) is 0.933. The second-order valence-electron chi connectivity index (χ2n) is 5.60. The van der Waals surface area contributed by atoms with Gasteiger partial charge in [-0.05, 0) is 23.3 Å². The molecule has 4 nitrogen and oxygen atoms in total. The predicted octanol–water partition coefficient (Wildman–Crippen LogP) is 2.55. The molecule has 1 atom stereocenters. The molecule has 0 saturated carbocycles. The zero-order chi connectivity index (χ0) is 14.9. The Balaban J connectivity index is 2.14. The Hall–Kier alpha value is -1.21. The van der Waals surface area contributed by atoms with E-state index >= 15 is 0 Å². The smallest absolute Gasteiger partial charge is 0.387 e. The van der Waals surface area contributed by atoms with Gasteiger partial charge < -0.3 is 15.4 Å². The molecule has 1 unspecified atom stereocenters. The van der Waals surface area contributed by atoms with Crippen LogP contribution in [0.25, 0.3) is 0 Å². The molecule has 0 bridgehead atoms. The van der Waals surface area contributed by atoms with Crippen molar-refractivity contribution in [2.75, 3.05) is 13.1 Å². The SMILES string of the molecule is CC1(C)CN(C(=O)c2sccc2OC(F)F)CCC1N. The first-order valence-corrected chi connectivity index (χ1v) is 7.26. The molecule has 0 aliphatic carbocycles. The van der Waals surface area contributed by atoms with Gasteiger partial charge in [0.25, 0.3) is 5.91 Å². The average molecular weight is 304 g/mol. The molecule has 2 rings (SSSR count). The van der Waals surface area contributed by atoms with Gasteiger partial charge in [-0.2, -0.15) is 8.78 Å². The van der Waals surface area contributed by atoms with E-state index in [1.165, 1.54) is 6.07 Å². The number of carbonyl (C=O) groups is 1. The lowest BCUT2D eigenvalue weighted by Crippen LogP contribution is -2.53. The molecule has 1 aromatic heterocycles. The van der Waals surface area contributed by atoms with E-state index in [9.17, 15) is 13.6 Å². The minimum Gasteiger partial charge on any atom is -0.433 e. The molecule has 20 heavy (non-hydrogen) atoms. The van der Waals surface area contributed by atoms with Gasteiger partial charge >= 0.3 is 6.61 Å². The molecule has 2 N–H and O–H groups in total. The highest BCUT2D eigenvalue weighted by Gasteiger charge is 2.36. The largest absolute Gasteiger partial charge is 0.433 e. The molecule has 7 heteroatoms. The van der Waals surface area contributed by atoms with Crippen LogP contribution in [-0.2, 0) is 0 Å². The molecule has 2 heterocycles. The number of carbonyl (C=O) groups excluding carboxylic acids is 1. The number of hydrogen-bond acceptors (Lipinski definition) is 4. The van der Waals surface area contributed by atoms with Crippen molar-refractivity contribution in [1.82, 2.24) is 4.90 Å². The Morgan fingerprint density at radius 2 is 2.30 bits per heavy atom. The van der Waals surface area contributed by atoms with Gasteiger partial charge in [0.2, 0.25) is 0 Å². The molecule has 0 spiro atoms. The summed E-state index contributed by atoms with van der Waals surface area (Å²) in [7, 11) is 0. The lowest BCUT2D eigenvalue weighted by molar-refractivity contribution is -0.0500. The third-order valence-electron chi connectivity index (χ3n) is 3.64. The lowest BCUT2D eigenvalue weighted by atomic mass is 9.79. The molecular weight excluding hydrogens is 286 g/mol. The van der Waals surface area contributed by atoms with Crippen molar-refractivity contribution in [3.63, 3.8) is 0 Å². The standard InChI is InChI=1S/C13H18F2N2O2S/c1-13(2)7-17(5-3-9(13)16)11(18)10-8(4-6-20-10)19-12(14)15/h4,6,9,12H,3,5,7,16H2,1-2H3. The topological polar surface area (TPSA) is 55.6 Å². The van der Waals surface area contributed by atoms with Gasteiger partial charge in [0.15, 0.2) is 0 Å². The molecule has 1 fully saturated rings. The van der Waals surface area contributed by atoms with Crippen LogP contribution < -0.4 is 10.5 Å². The maximum atomic E-state index is 12.4. The fourth-order valence-corrected chi connectivity index (χ4v) is 3.12. The first-order valence-electron chi connectivity index (χ1n) is 6.38. The van der Waals surface area contributed by atoms with E-state index in [0.717, 1.165) is 11.3 Å². The monoisotopic (exact) mass is 304 g/mol. The summed E-state index contributed by atoms with van der Waals surface area (Å²) >= 11 is 1.11. The normalized spacial score (nSPS) is 22.1. The van der Waals surface area contributed by atoms with E-state index in [1.54, 1.807) is 10.3 Å². The number of hydrogen-bond donors (Lipinski definition) is 1. The highest BCUT2D eigenvalue weighted by Crippen LogP contribution is 2.32. The Bertz CT molecular complexity index is 490. The fraction of sp³-hybridized carbons (Fsp3) is 0.615. The van der Waals surface area contributed by atoms with Crippen molar-refractivity contribution in [2.45, 2.75) is 32.9 Å². The van der Waals surface area contributed by atoms with Crippen molar-refractivity contribution >= 4 is 17.2 Å². The number of halogens is 2. The van der Waals surface area contributed by atoms with Crippen LogP contribution in [0.4, 0.5) is 8.78 Å². The third kappa shape index (κ3) is 3.09. The summed E-state index contributed by atoms with van der Waals surface area (Å²) in [6.07, 6.45) is 0.704. The number of amides is 1. The number of piperidine rings is 1. The Morgan fingerprint density at radius 3 is 2.90 bits per heavy atom.